The van der Waals surface area contributed by atoms with Crippen LogP contribution in [0.1, 0.15) is 5.56 Å². The lowest BCUT2D eigenvalue weighted by Gasteiger charge is -2.34. The van der Waals surface area contributed by atoms with E-state index in [4.69, 9.17) is 14.5 Å². The minimum Gasteiger partial charge on any atom is -0.497 e. The number of aromatic nitrogens is 1. The molecule has 28 heavy (non-hydrogen) atoms. The molecule has 1 amide bonds. The quantitative estimate of drug-likeness (QED) is 0.661. The summed E-state index contributed by atoms with van der Waals surface area (Å²) in [5, 5.41) is 0.992. The van der Waals surface area contributed by atoms with Crippen molar-refractivity contribution in [3.05, 3.63) is 48.0 Å². The summed E-state index contributed by atoms with van der Waals surface area (Å²) in [5.41, 5.74) is 2.15. The average Bonchev–Trinajstić information content (AvgIpc) is 3.16. The highest BCUT2D eigenvalue weighted by Gasteiger charge is 2.23. The smallest absolute Gasteiger partial charge is 0.260 e. The van der Waals surface area contributed by atoms with E-state index in [-0.39, 0.29) is 12.5 Å². The van der Waals surface area contributed by atoms with Crippen LogP contribution < -0.4 is 14.4 Å². The average molecular weight is 398 g/mol. The molecule has 2 heterocycles. The maximum atomic E-state index is 12.4. The summed E-state index contributed by atoms with van der Waals surface area (Å²) in [6, 6.07) is 13.7. The monoisotopic (exact) mass is 397 g/mol. The number of carbonyl (C=O) groups is 1. The fourth-order valence-electron chi connectivity index (χ4n) is 3.17. The van der Waals surface area contributed by atoms with Crippen LogP contribution in [0.2, 0.25) is 0 Å². The van der Waals surface area contributed by atoms with Gasteiger partial charge in [-0.3, -0.25) is 4.79 Å². The fourth-order valence-corrected chi connectivity index (χ4v) is 4.22. The van der Waals surface area contributed by atoms with Gasteiger partial charge >= 0.3 is 0 Å². The van der Waals surface area contributed by atoms with Crippen LogP contribution in [-0.2, 0) is 4.79 Å². The van der Waals surface area contributed by atoms with Crippen molar-refractivity contribution in [1.29, 1.82) is 0 Å². The predicted molar refractivity (Wildman–Crippen MR) is 112 cm³/mol. The first kappa shape index (κ1) is 18.6. The van der Waals surface area contributed by atoms with E-state index in [9.17, 15) is 4.79 Å². The second kappa shape index (κ2) is 8.06. The van der Waals surface area contributed by atoms with Crippen LogP contribution in [0.25, 0.3) is 10.2 Å². The number of nitrogens with zero attached hydrogens (tertiary/aromatic N) is 3. The highest BCUT2D eigenvalue weighted by atomic mass is 32.1. The first-order valence-electron chi connectivity index (χ1n) is 9.29. The molecule has 1 saturated heterocycles. The Balaban J connectivity index is 1.32. The number of rotatable bonds is 5. The number of methoxy groups -OCH3 is 1. The molecule has 0 bridgehead atoms. The van der Waals surface area contributed by atoms with Crippen LogP contribution in [0.15, 0.2) is 42.5 Å². The second-order valence-corrected chi connectivity index (χ2v) is 7.81. The van der Waals surface area contributed by atoms with Gasteiger partial charge in [-0.25, -0.2) is 4.98 Å². The molecule has 146 valence electrons. The molecule has 1 aromatic heterocycles. The Hall–Kier alpha value is -2.80. The number of ether oxygens (including phenoxy) is 2. The molecule has 0 aliphatic carbocycles. The molecule has 0 atom stereocenters. The maximum absolute atomic E-state index is 12.4. The molecule has 4 rings (SSSR count). The number of carbonyl (C=O) groups excluding carboxylic acids is 1. The molecular weight excluding hydrogens is 374 g/mol. The zero-order valence-corrected chi connectivity index (χ0v) is 16.9. The largest absolute Gasteiger partial charge is 0.497 e. The van der Waals surface area contributed by atoms with Crippen molar-refractivity contribution >= 4 is 32.6 Å². The van der Waals surface area contributed by atoms with Gasteiger partial charge in [0.05, 0.1) is 17.3 Å². The van der Waals surface area contributed by atoms with Crippen LogP contribution in [0.5, 0.6) is 11.5 Å². The normalized spacial score (nSPS) is 14.4. The van der Waals surface area contributed by atoms with Crippen molar-refractivity contribution in [2.75, 3.05) is 44.8 Å². The summed E-state index contributed by atoms with van der Waals surface area (Å²) < 4.78 is 12.0. The van der Waals surface area contributed by atoms with Crippen LogP contribution in [0.3, 0.4) is 0 Å². The number of thiazole rings is 1. The van der Waals surface area contributed by atoms with Crippen LogP contribution in [0.4, 0.5) is 5.13 Å². The Morgan fingerprint density at radius 3 is 2.50 bits per heavy atom. The summed E-state index contributed by atoms with van der Waals surface area (Å²) in [5.74, 6) is 1.59. The van der Waals surface area contributed by atoms with Gasteiger partial charge in [-0.1, -0.05) is 29.0 Å². The van der Waals surface area contributed by atoms with Crippen LogP contribution in [0, 0.1) is 6.92 Å². The number of hydrogen-bond donors (Lipinski definition) is 0. The highest BCUT2D eigenvalue weighted by molar-refractivity contribution is 7.22. The number of aryl methyl sites for hydroxylation is 1. The molecule has 7 heteroatoms. The molecule has 6 nitrogen and oxygen atoms in total. The number of amides is 1. The van der Waals surface area contributed by atoms with Crippen molar-refractivity contribution < 1.29 is 14.3 Å². The third kappa shape index (κ3) is 4.04. The number of hydrogen-bond acceptors (Lipinski definition) is 6. The molecule has 1 aliphatic heterocycles. The number of fused-ring (bicyclic) bond motifs is 1. The third-order valence-corrected chi connectivity index (χ3v) is 5.95. The van der Waals surface area contributed by atoms with Gasteiger partial charge in [0.25, 0.3) is 5.91 Å². The van der Waals surface area contributed by atoms with E-state index in [0.29, 0.717) is 13.1 Å². The second-order valence-electron chi connectivity index (χ2n) is 6.80. The SMILES string of the molecule is COc1ccc2nc(N3CCN(C(=O)COc4ccc(C)cc4)CC3)sc2c1. The molecule has 0 saturated carbocycles. The molecule has 0 unspecified atom stereocenters. The minimum atomic E-state index is 0.0225. The van der Waals surface area contributed by atoms with E-state index in [1.165, 1.54) is 5.56 Å². The topological polar surface area (TPSA) is 54.9 Å². The van der Waals surface area contributed by atoms with E-state index in [2.05, 4.69) is 4.90 Å². The van der Waals surface area contributed by atoms with Gasteiger partial charge in [0.2, 0.25) is 0 Å². The van der Waals surface area contributed by atoms with Gasteiger partial charge < -0.3 is 19.3 Å². The van der Waals surface area contributed by atoms with Crippen molar-refractivity contribution in [3.8, 4) is 11.5 Å². The molecule has 0 N–H and O–H groups in total. The van der Waals surface area contributed by atoms with Crippen LogP contribution >= 0.6 is 11.3 Å². The van der Waals surface area contributed by atoms with Gasteiger partial charge in [-0.2, -0.15) is 0 Å². The van der Waals surface area contributed by atoms with E-state index in [0.717, 1.165) is 39.9 Å². The molecule has 2 aromatic carbocycles. The standard InChI is InChI=1S/C21H23N3O3S/c1-15-3-5-16(6-4-15)27-14-20(25)23-9-11-24(12-10-23)21-22-18-8-7-17(26-2)13-19(18)28-21/h3-8,13H,9-12,14H2,1-2H3. The summed E-state index contributed by atoms with van der Waals surface area (Å²) in [7, 11) is 1.67. The zero-order valence-electron chi connectivity index (χ0n) is 16.1. The molecule has 1 fully saturated rings. The van der Waals surface area contributed by atoms with Gasteiger partial charge in [-0.05, 0) is 37.3 Å². The number of piperazine rings is 1. The van der Waals surface area contributed by atoms with Gasteiger partial charge in [0.15, 0.2) is 11.7 Å². The lowest BCUT2D eigenvalue weighted by Crippen LogP contribution is -2.50. The predicted octanol–water partition coefficient (Wildman–Crippen LogP) is 3.34. The zero-order chi connectivity index (χ0) is 19.5. The van der Waals surface area contributed by atoms with Crippen molar-refractivity contribution in [2.45, 2.75) is 6.92 Å². The Bertz CT molecular complexity index is 963. The van der Waals surface area contributed by atoms with E-state index < -0.39 is 0 Å². The Labute approximate surface area is 168 Å². The molecular formula is C21H23N3O3S. The van der Waals surface area contributed by atoms with E-state index in [1.54, 1.807) is 18.4 Å². The lowest BCUT2D eigenvalue weighted by atomic mass is 10.2. The summed E-state index contributed by atoms with van der Waals surface area (Å²) in [4.78, 5) is 21.3. The maximum Gasteiger partial charge on any atom is 0.260 e. The van der Waals surface area contributed by atoms with E-state index in [1.807, 2.05) is 54.3 Å². The fraction of sp³-hybridized carbons (Fsp3) is 0.333. The summed E-state index contributed by atoms with van der Waals surface area (Å²) in [6.45, 7) is 4.99. The molecule has 1 aliphatic rings. The first-order chi connectivity index (χ1) is 13.6. The van der Waals surface area contributed by atoms with Gasteiger partial charge in [-0.15, -0.1) is 0 Å². The van der Waals surface area contributed by atoms with Crippen LogP contribution in [-0.4, -0.2) is 55.7 Å². The third-order valence-electron chi connectivity index (χ3n) is 4.87. The lowest BCUT2D eigenvalue weighted by molar-refractivity contribution is -0.133. The molecule has 0 radical (unpaired) electrons. The van der Waals surface area contributed by atoms with Gasteiger partial charge in [0.1, 0.15) is 11.5 Å². The number of anilines is 1. The first-order valence-corrected chi connectivity index (χ1v) is 10.1. The summed E-state index contributed by atoms with van der Waals surface area (Å²) >= 11 is 1.66. The number of benzene rings is 2. The molecule has 0 spiro atoms. The van der Waals surface area contributed by atoms with Gasteiger partial charge in [0, 0.05) is 26.2 Å². The highest BCUT2D eigenvalue weighted by Crippen LogP contribution is 2.31. The van der Waals surface area contributed by atoms with Crippen molar-refractivity contribution in [3.63, 3.8) is 0 Å². The van der Waals surface area contributed by atoms with E-state index >= 15 is 0 Å². The Morgan fingerprint density at radius 2 is 1.79 bits per heavy atom. The Morgan fingerprint density at radius 1 is 1.07 bits per heavy atom. The molecule has 3 aromatic rings. The van der Waals surface area contributed by atoms with Crippen molar-refractivity contribution in [2.24, 2.45) is 0 Å². The summed E-state index contributed by atoms with van der Waals surface area (Å²) in [6.07, 6.45) is 0. The van der Waals surface area contributed by atoms with Crippen molar-refractivity contribution in [1.82, 2.24) is 9.88 Å². The minimum absolute atomic E-state index is 0.0225. The Kier molecular flexibility index (Phi) is 5.34.